The van der Waals surface area contributed by atoms with Gasteiger partial charge in [0.15, 0.2) is 0 Å². The number of hydrogen-bond donors (Lipinski definition) is 0. The number of ether oxygens (including phenoxy) is 1. The Morgan fingerprint density at radius 3 is 1.74 bits per heavy atom. The Morgan fingerprint density at radius 2 is 1.21 bits per heavy atom. The van der Waals surface area contributed by atoms with E-state index in [1.54, 1.807) is 0 Å². The zero-order valence-electron chi connectivity index (χ0n) is 25.7. The maximum absolute atomic E-state index is 12.0. The molecule has 228 valence electrons. The number of phosphoric ester groups is 1. The minimum absolute atomic E-state index is 0.108. The van der Waals surface area contributed by atoms with Crippen molar-refractivity contribution in [1.82, 2.24) is 0 Å². The van der Waals surface area contributed by atoms with Crippen LogP contribution in [0.3, 0.4) is 0 Å². The average Bonchev–Trinajstić information content (AvgIpc) is 2.89. The topological polar surface area (TPSA) is 67.8 Å². The van der Waals surface area contributed by atoms with Crippen molar-refractivity contribution in [3.8, 4) is 0 Å². The van der Waals surface area contributed by atoms with Gasteiger partial charge in [0.2, 0.25) is 0 Å². The van der Waals surface area contributed by atoms with Gasteiger partial charge in [-0.05, 0) is 24.8 Å². The number of likely N-dealkylation sites (N-methyl/N-ethyl adjacent to an activating group) is 1. The highest BCUT2D eigenvalue weighted by Crippen LogP contribution is 2.38. The van der Waals surface area contributed by atoms with Gasteiger partial charge in [-0.1, -0.05) is 127 Å². The Kier molecular flexibility index (Phi) is 21.3. The minimum Gasteiger partial charge on any atom is -0.756 e. The molecule has 0 aromatic heterocycles. The summed E-state index contributed by atoms with van der Waals surface area (Å²) in [5.74, 6) is 0. The summed E-state index contributed by atoms with van der Waals surface area (Å²) in [6.45, 7) is 3.73. The van der Waals surface area contributed by atoms with Crippen LogP contribution in [0.5, 0.6) is 0 Å². The van der Waals surface area contributed by atoms with E-state index in [0.29, 0.717) is 24.1 Å². The predicted octanol–water partition coefficient (Wildman–Crippen LogP) is 8.43. The molecule has 0 N–H and O–H groups in total. The van der Waals surface area contributed by atoms with Crippen LogP contribution >= 0.6 is 7.82 Å². The minimum atomic E-state index is -4.25. The van der Waals surface area contributed by atoms with Gasteiger partial charge in [-0.3, -0.25) is 4.57 Å². The molecule has 0 saturated heterocycles. The first kappa shape index (κ1) is 36.3. The fourth-order valence-electron chi connectivity index (χ4n) is 4.62. The van der Waals surface area contributed by atoms with Crippen LogP contribution in [0.2, 0.25) is 0 Å². The van der Waals surface area contributed by atoms with Crippen LogP contribution < -0.4 is 4.89 Å². The van der Waals surface area contributed by atoms with Crippen molar-refractivity contribution in [2.24, 2.45) is 0 Å². The van der Waals surface area contributed by atoms with Crippen molar-refractivity contribution >= 4 is 7.82 Å². The highest BCUT2D eigenvalue weighted by Gasteiger charge is 2.15. The van der Waals surface area contributed by atoms with Gasteiger partial charge >= 0.3 is 0 Å². The van der Waals surface area contributed by atoms with Gasteiger partial charge in [-0.2, -0.15) is 0 Å². The lowest BCUT2D eigenvalue weighted by atomic mass is 10.0. The molecule has 39 heavy (non-hydrogen) atoms. The smallest absolute Gasteiger partial charge is 0.268 e. The standard InChI is InChI=1S/C32H60NO5P/c1-5-6-7-8-9-10-11-12-13-14-15-16-17-21-25-32(36-30-31-23-19-18-20-24-31)26-22-28-37-39(34,35)38-29-27-33(2,3)4/h18-20,23-24,32H,5-17,21-22,25-30H2,1-4H3. The zero-order valence-corrected chi connectivity index (χ0v) is 26.6. The zero-order chi connectivity index (χ0) is 28.7. The van der Waals surface area contributed by atoms with Gasteiger partial charge in [0.1, 0.15) is 13.2 Å². The van der Waals surface area contributed by atoms with Crippen molar-refractivity contribution in [2.75, 3.05) is 40.9 Å². The molecule has 0 fully saturated rings. The number of nitrogens with zero attached hydrogens (tertiary/aromatic N) is 1. The number of phosphoric acid groups is 1. The van der Waals surface area contributed by atoms with Crippen LogP contribution in [-0.4, -0.2) is 51.5 Å². The normalized spacial score (nSPS) is 14.4. The van der Waals surface area contributed by atoms with Crippen LogP contribution in [0.1, 0.15) is 122 Å². The third kappa shape index (κ3) is 23.6. The summed E-state index contributed by atoms with van der Waals surface area (Å²) < 4.78 is 29.0. The third-order valence-electron chi connectivity index (χ3n) is 7.14. The molecule has 1 aromatic rings. The van der Waals surface area contributed by atoms with Crippen LogP contribution in [0.25, 0.3) is 0 Å². The summed E-state index contributed by atoms with van der Waals surface area (Å²) in [4.78, 5) is 12.0. The van der Waals surface area contributed by atoms with Crippen molar-refractivity contribution in [3.05, 3.63) is 35.9 Å². The Balaban J connectivity index is 2.21. The SMILES string of the molecule is CCCCCCCCCCCCCCCCC(CCCOP(=O)([O-])OCC[N+](C)(C)C)OCc1ccccc1. The second-order valence-corrected chi connectivity index (χ2v) is 13.5. The average molecular weight is 570 g/mol. The number of unbranched alkanes of at least 4 members (excludes halogenated alkanes) is 13. The summed E-state index contributed by atoms with van der Waals surface area (Å²) in [5.41, 5.74) is 1.16. The number of rotatable bonds is 27. The van der Waals surface area contributed by atoms with E-state index in [0.717, 1.165) is 24.8 Å². The quantitative estimate of drug-likeness (QED) is 0.0604. The molecule has 7 heteroatoms. The van der Waals surface area contributed by atoms with E-state index in [-0.39, 0.29) is 19.3 Å². The van der Waals surface area contributed by atoms with Crippen molar-refractivity contribution in [2.45, 2.75) is 129 Å². The number of benzene rings is 1. The molecule has 6 nitrogen and oxygen atoms in total. The van der Waals surface area contributed by atoms with Crippen molar-refractivity contribution in [3.63, 3.8) is 0 Å². The maximum atomic E-state index is 12.0. The van der Waals surface area contributed by atoms with Crippen LogP contribution in [0, 0.1) is 0 Å². The lowest BCUT2D eigenvalue weighted by Crippen LogP contribution is -2.37. The third-order valence-corrected chi connectivity index (χ3v) is 8.14. The molecule has 2 atom stereocenters. The largest absolute Gasteiger partial charge is 0.756 e. The van der Waals surface area contributed by atoms with Crippen molar-refractivity contribution < 1.29 is 27.7 Å². The molecule has 0 bridgehead atoms. The first-order valence-corrected chi connectivity index (χ1v) is 17.2. The molecule has 0 spiro atoms. The molecule has 0 heterocycles. The van der Waals surface area contributed by atoms with E-state index < -0.39 is 7.82 Å². The van der Waals surface area contributed by atoms with E-state index in [1.807, 2.05) is 39.3 Å². The summed E-state index contributed by atoms with van der Waals surface area (Å²) in [7, 11) is 1.73. The van der Waals surface area contributed by atoms with Gasteiger partial charge in [-0.15, -0.1) is 0 Å². The summed E-state index contributed by atoms with van der Waals surface area (Å²) in [6.07, 6.45) is 21.4. The fourth-order valence-corrected chi connectivity index (χ4v) is 5.35. The molecule has 2 unspecified atom stereocenters. The molecule has 0 radical (unpaired) electrons. The molecule has 0 amide bonds. The second-order valence-electron chi connectivity index (χ2n) is 12.1. The Morgan fingerprint density at radius 1 is 0.718 bits per heavy atom. The molecule has 0 aliphatic heterocycles. The van der Waals surface area contributed by atoms with Crippen LogP contribution in [0.15, 0.2) is 30.3 Å². The number of hydrogen-bond acceptors (Lipinski definition) is 5. The van der Waals surface area contributed by atoms with E-state index in [9.17, 15) is 9.46 Å². The Hall–Kier alpha value is -0.750. The number of quaternary nitrogens is 1. The lowest BCUT2D eigenvalue weighted by molar-refractivity contribution is -0.870. The molecular formula is C32H60NO5P. The highest BCUT2D eigenvalue weighted by atomic mass is 31.2. The summed E-state index contributed by atoms with van der Waals surface area (Å²) >= 11 is 0. The van der Waals surface area contributed by atoms with Crippen LogP contribution in [-0.2, 0) is 25.0 Å². The van der Waals surface area contributed by atoms with E-state index in [2.05, 4.69) is 19.1 Å². The summed E-state index contributed by atoms with van der Waals surface area (Å²) in [5, 5.41) is 0. The van der Waals surface area contributed by atoms with Gasteiger partial charge in [-0.25, -0.2) is 0 Å². The molecule has 0 aliphatic carbocycles. The van der Waals surface area contributed by atoms with Gasteiger partial charge in [0.05, 0.1) is 40.5 Å². The van der Waals surface area contributed by atoms with E-state index >= 15 is 0 Å². The van der Waals surface area contributed by atoms with Gasteiger partial charge in [0.25, 0.3) is 7.82 Å². The first-order valence-electron chi connectivity index (χ1n) is 15.8. The molecule has 0 aliphatic rings. The van der Waals surface area contributed by atoms with E-state index in [4.69, 9.17) is 13.8 Å². The van der Waals surface area contributed by atoms with Gasteiger partial charge < -0.3 is 23.2 Å². The monoisotopic (exact) mass is 569 g/mol. The molecule has 1 aromatic carbocycles. The second kappa shape index (κ2) is 22.9. The summed E-state index contributed by atoms with van der Waals surface area (Å²) in [6, 6.07) is 10.2. The van der Waals surface area contributed by atoms with E-state index in [1.165, 1.54) is 83.5 Å². The van der Waals surface area contributed by atoms with Gasteiger partial charge in [0, 0.05) is 0 Å². The molecule has 1 rings (SSSR count). The maximum Gasteiger partial charge on any atom is 0.268 e. The molecule has 0 saturated carbocycles. The van der Waals surface area contributed by atoms with Crippen LogP contribution in [0.4, 0.5) is 0 Å². The molecular weight excluding hydrogens is 509 g/mol. The lowest BCUT2D eigenvalue weighted by Gasteiger charge is -2.27. The highest BCUT2D eigenvalue weighted by molar-refractivity contribution is 7.45. The Bertz CT molecular complexity index is 725. The Labute approximate surface area is 241 Å². The predicted molar refractivity (Wildman–Crippen MR) is 162 cm³/mol. The van der Waals surface area contributed by atoms with Crippen molar-refractivity contribution in [1.29, 1.82) is 0 Å². The first-order chi connectivity index (χ1) is 18.7. The fraction of sp³-hybridized carbons (Fsp3) is 0.812.